The third-order valence-electron chi connectivity index (χ3n) is 2.60. The maximum Gasteiger partial charge on any atom is 0.323 e. The lowest BCUT2D eigenvalue weighted by molar-refractivity contribution is -0.384. The highest BCUT2D eigenvalue weighted by Gasteiger charge is 2.23. The molecule has 9 nitrogen and oxygen atoms in total. The first-order valence-corrected chi connectivity index (χ1v) is 5.67. The summed E-state index contributed by atoms with van der Waals surface area (Å²) in [7, 11) is 2.91. The molecule has 110 valence electrons. The lowest BCUT2D eigenvalue weighted by Crippen LogP contribution is -2.38. The lowest BCUT2D eigenvalue weighted by atomic mass is 10.3. The van der Waals surface area contributed by atoms with Gasteiger partial charge in [-0.3, -0.25) is 19.7 Å². The Morgan fingerprint density at radius 1 is 1.55 bits per heavy atom. The molecule has 1 aromatic rings. The largest absolute Gasteiger partial charge is 0.480 e. The minimum atomic E-state index is -1.17. The van der Waals surface area contributed by atoms with Gasteiger partial charge in [0.1, 0.15) is 12.2 Å². The van der Waals surface area contributed by atoms with Gasteiger partial charge in [-0.15, -0.1) is 0 Å². The summed E-state index contributed by atoms with van der Waals surface area (Å²) in [6, 6.07) is 1.12. The number of aryl methyl sites for hydroxylation is 1. The van der Waals surface area contributed by atoms with Gasteiger partial charge in [-0.25, -0.2) is 0 Å². The highest BCUT2D eigenvalue weighted by molar-refractivity contribution is 5.95. The van der Waals surface area contributed by atoms with Crippen LogP contribution in [0.15, 0.2) is 12.3 Å². The molecule has 0 unspecified atom stereocenters. The zero-order valence-electron chi connectivity index (χ0n) is 11.1. The van der Waals surface area contributed by atoms with Gasteiger partial charge in [0.05, 0.1) is 17.7 Å². The Hall–Kier alpha value is -2.42. The van der Waals surface area contributed by atoms with Crippen LogP contribution in [0, 0.1) is 10.1 Å². The Bertz CT molecular complexity index is 524. The van der Waals surface area contributed by atoms with Crippen LogP contribution in [-0.4, -0.2) is 58.2 Å². The number of carboxylic acid groups (broad SMARTS) is 1. The van der Waals surface area contributed by atoms with Crippen molar-refractivity contribution >= 4 is 17.6 Å². The van der Waals surface area contributed by atoms with E-state index in [-0.39, 0.29) is 24.5 Å². The number of rotatable bonds is 7. The third-order valence-corrected chi connectivity index (χ3v) is 2.60. The molecule has 1 heterocycles. The van der Waals surface area contributed by atoms with Crippen LogP contribution in [0.3, 0.4) is 0 Å². The average molecular weight is 285 g/mol. The molecule has 1 aromatic heterocycles. The summed E-state index contributed by atoms with van der Waals surface area (Å²) in [5, 5.41) is 19.5. The maximum absolute atomic E-state index is 12.2. The van der Waals surface area contributed by atoms with Crippen molar-refractivity contribution in [2.45, 2.75) is 0 Å². The van der Waals surface area contributed by atoms with Crippen LogP contribution in [0.5, 0.6) is 0 Å². The quantitative estimate of drug-likeness (QED) is 0.561. The van der Waals surface area contributed by atoms with E-state index in [4.69, 9.17) is 9.84 Å². The molecule has 0 aromatic carbocycles. The second kappa shape index (κ2) is 6.66. The highest BCUT2D eigenvalue weighted by atomic mass is 16.6. The van der Waals surface area contributed by atoms with E-state index in [0.717, 1.165) is 11.0 Å². The molecule has 0 aliphatic heterocycles. The van der Waals surface area contributed by atoms with Crippen LogP contribution in [-0.2, 0) is 16.6 Å². The Morgan fingerprint density at radius 2 is 2.20 bits per heavy atom. The minimum absolute atomic E-state index is 0.0500. The molecule has 0 aliphatic rings. The molecule has 0 spiro atoms. The van der Waals surface area contributed by atoms with Gasteiger partial charge in [-0.2, -0.15) is 0 Å². The predicted molar refractivity (Wildman–Crippen MR) is 67.5 cm³/mol. The summed E-state index contributed by atoms with van der Waals surface area (Å²) in [5.74, 6) is -1.77. The molecular formula is C11H15N3O6. The molecule has 1 rings (SSSR count). The summed E-state index contributed by atoms with van der Waals surface area (Å²) >= 11 is 0. The molecule has 9 heteroatoms. The van der Waals surface area contributed by atoms with Crippen molar-refractivity contribution in [3.8, 4) is 0 Å². The van der Waals surface area contributed by atoms with E-state index in [1.165, 1.54) is 24.9 Å². The molecule has 0 atom stereocenters. The number of hydrogen-bond acceptors (Lipinski definition) is 5. The molecule has 0 aliphatic carbocycles. The molecule has 1 amide bonds. The predicted octanol–water partition coefficient (Wildman–Crippen LogP) is 0.106. The van der Waals surface area contributed by atoms with Gasteiger partial charge >= 0.3 is 5.97 Å². The molecule has 0 radical (unpaired) electrons. The summed E-state index contributed by atoms with van der Waals surface area (Å²) in [6.45, 7) is -0.243. The normalized spacial score (nSPS) is 10.3. The van der Waals surface area contributed by atoms with E-state index in [1.807, 2.05) is 0 Å². The molecule has 0 saturated heterocycles. The van der Waals surface area contributed by atoms with Gasteiger partial charge in [0, 0.05) is 26.8 Å². The summed E-state index contributed by atoms with van der Waals surface area (Å²) in [6.07, 6.45) is 1.20. The Balaban J connectivity index is 2.98. The third kappa shape index (κ3) is 3.79. The van der Waals surface area contributed by atoms with Crippen molar-refractivity contribution in [1.29, 1.82) is 0 Å². The van der Waals surface area contributed by atoms with Crippen LogP contribution in [0.4, 0.5) is 5.69 Å². The molecule has 0 saturated carbocycles. The van der Waals surface area contributed by atoms with Gasteiger partial charge in [0.2, 0.25) is 0 Å². The van der Waals surface area contributed by atoms with E-state index in [9.17, 15) is 19.7 Å². The average Bonchev–Trinajstić information content (AvgIpc) is 2.75. The van der Waals surface area contributed by atoms with Gasteiger partial charge in [-0.1, -0.05) is 0 Å². The van der Waals surface area contributed by atoms with Gasteiger partial charge in [-0.05, 0) is 0 Å². The number of methoxy groups -OCH3 is 1. The fourth-order valence-corrected chi connectivity index (χ4v) is 1.64. The number of nitrogens with zero attached hydrogens (tertiary/aromatic N) is 3. The summed E-state index contributed by atoms with van der Waals surface area (Å²) in [4.78, 5) is 34.1. The fourth-order valence-electron chi connectivity index (χ4n) is 1.64. The number of carboxylic acids is 1. The zero-order chi connectivity index (χ0) is 15.3. The molecule has 0 bridgehead atoms. The number of aromatic nitrogens is 1. The van der Waals surface area contributed by atoms with Crippen molar-refractivity contribution in [3.05, 3.63) is 28.1 Å². The molecule has 0 fully saturated rings. The zero-order valence-corrected chi connectivity index (χ0v) is 11.1. The number of amides is 1. The minimum Gasteiger partial charge on any atom is -0.480 e. The molecular weight excluding hydrogens is 270 g/mol. The van der Waals surface area contributed by atoms with Crippen molar-refractivity contribution < 1.29 is 24.4 Å². The Morgan fingerprint density at radius 3 is 2.65 bits per heavy atom. The first-order valence-electron chi connectivity index (χ1n) is 5.67. The SMILES string of the molecule is COCCN(CC(=O)O)C(=O)c1cc([N+](=O)[O-])cn1C. The smallest absolute Gasteiger partial charge is 0.323 e. The Labute approximate surface area is 114 Å². The van der Waals surface area contributed by atoms with Crippen LogP contribution in [0.2, 0.25) is 0 Å². The topological polar surface area (TPSA) is 115 Å². The van der Waals surface area contributed by atoms with Crippen molar-refractivity contribution in [2.24, 2.45) is 7.05 Å². The number of hydrogen-bond donors (Lipinski definition) is 1. The first-order chi connectivity index (χ1) is 9.36. The second-order valence-corrected chi connectivity index (χ2v) is 4.06. The maximum atomic E-state index is 12.2. The van der Waals surface area contributed by atoms with E-state index < -0.39 is 23.3 Å². The molecule has 20 heavy (non-hydrogen) atoms. The van der Waals surface area contributed by atoms with Gasteiger partial charge in [0.15, 0.2) is 0 Å². The van der Waals surface area contributed by atoms with E-state index in [0.29, 0.717) is 0 Å². The van der Waals surface area contributed by atoms with Crippen molar-refractivity contribution in [1.82, 2.24) is 9.47 Å². The summed E-state index contributed by atoms with van der Waals surface area (Å²) in [5.41, 5.74) is -0.174. The van der Waals surface area contributed by atoms with Crippen molar-refractivity contribution in [3.63, 3.8) is 0 Å². The first kappa shape index (κ1) is 15.6. The number of nitro groups is 1. The summed E-state index contributed by atoms with van der Waals surface area (Å²) < 4.78 is 6.11. The van der Waals surface area contributed by atoms with Crippen LogP contribution in [0.25, 0.3) is 0 Å². The number of aliphatic carboxylic acids is 1. The fraction of sp³-hybridized carbons (Fsp3) is 0.455. The van der Waals surface area contributed by atoms with Crippen molar-refractivity contribution in [2.75, 3.05) is 26.8 Å². The second-order valence-electron chi connectivity index (χ2n) is 4.06. The van der Waals surface area contributed by atoms with E-state index >= 15 is 0 Å². The standard InChI is InChI=1S/C11H15N3O6/c1-12-6-8(14(18)19)5-9(12)11(17)13(3-4-20-2)7-10(15)16/h5-6H,3-4,7H2,1-2H3,(H,15,16). The number of carbonyl (C=O) groups is 2. The highest BCUT2D eigenvalue weighted by Crippen LogP contribution is 2.16. The van der Waals surface area contributed by atoms with Crippen LogP contribution >= 0.6 is 0 Å². The monoisotopic (exact) mass is 285 g/mol. The lowest BCUT2D eigenvalue weighted by Gasteiger charge is -2.20. The van der Waals surface area contributed by atoms with Gasteiger partial charge < -0.3 is 19.3 Å². The van der Waals surface area contributed by atoms with Gasteiger partial charge in [0.25, 0.3) is 11.6 Å². The van der Waals surface area contributed by atoms with Crippen LogP contribution < -0.4 is 0 Å². The number of carbonyl (C=O) groups excluding carboxylic acids is 1. The van der Waals surface area contributed by atoms with Crippen LogP contribution in [0.1, 0.15) is 10.5 Å². The Kier molecular flexibility index (Phi) is 5.21. The number of ether oxygens (including phenoxy) is 1. The van der Waals surface area contributed by atoms with E-state index in [2.05, 4.69) is 0 Å². The van der Waals surface area contributed by atoms with E-state index in [1.54, 1.807) is 0 Å². The molecule has 1 N–H and O–H groups in total.